The van der Waals surface area contributed by atoms with Gasteiger partial charge in [0.25, 0.3) is 0 Å². The Morgan fingerprint density at radius 1 is 1.00 bits per heavy atom. The van der Waals surface area contributed by atoms with Gasteiger partial charge >= 0.3 is 90.0 Å². The van der Waals surface area contributed by atoms with Crippen molar-refractivity contribution in [1.82, 2.24) is 0 Å². The van der Waals surface area contributed by atoms with Crippen molar-refractivity contribution in [3.8, 4) is 0 Å². The van der Waals surface area contributed by atoms with E-state index in [0.29, 0.717) is 0 Å². The molecule has 0 fully saturated rings. The maximum absolute atomic E-state index is 5.01. The standard InChI is InChI=1S/2BrH.4ClH.Ti.Zn/h6*1H;;/q;;;;;;+4;+2/p-6. The molecule has 0 bridgehead atoms. The van der Waals surface area contributed by atoms with E-state index in [0.717, 1.165) is 0 Å². The Morgan fingerprint density at radius 3 is 1.00 bits per heavy atom. The second-order valence-corrected chi connectivity index (χ2v) is 30.1. The van der Waals surface area contributed by atoms with Crippen LogP contribution in [0.2, 0.25) is 0 Å². The Balaban J connectivity index is 0. The molecule has 0 aliphatic rings. The van der Waals surface area contributed by atoms with E-state index in [9.17, 15) is 0 Å². The van der Waals surface area contributed by atoms with Gasteiger partial charge in [-0.15, -0.1) is 0 Å². The first kappa shape index (κ1) is 14.0. The van der Waals surface area contributed by atoms with Gasteiger partial charge in [0.05, 0.1) is 0 Å². The normalized spacial score (nSPS) is 8.75. The second kappa shape index (κ2) is 8.55. The van der Waals surface area contributed by atoms with Crippen LogP contribution in [-0.4, -0.2) is 0 Å². The molecule has 0 aliphatic carbocycles. The fourth-order valence-corrected chi connectivity index (χ4v) is 0. The zero-order valence-electron chi connectivity index (χ0n) is 3.47. The zero-order valence-corrected chi connectivity index (χ0v) is 14.2. The molecular formula is Br2Cl4TiZn. The van der Waals surface area contributed by atoms with Crippen LogP contribution in [0, 0.1) is 0 Å². The van der Waals surface area contributed by atoms with E-state index in [2.05, 4.69) is 27.2 Å². The van der Waals surface area contributed by atoms with Gasteiger partial charge in [0.15, 0.2) is 0 Å². The first-order valence-electron chi connectivity index (χ1n) is 1.29. The molecule has 8 heteroatoms. The third kappa shape index (κ3) is 56.6. The average molecular weight is 415 g/mol. The molecule has 0 aromatic carbocycles. The Morgan fingerprint density at radius 2 is 1.00 bits per heavy atom. The van der Waals surface area contributed by atoms with E-state index in [1.165, 1.54) is 0 Å². The molecule has 0 nitrogen and oxygen atoms in total. The van der Waals surface area contributed by atoms with E-state index in [1.807, 2.05) is 0 Å². The van der Waals surface area contributed by atoms with Crippen molar-refractivity contribution in [3.05, 3.63) is 0 Å². The molecule has 0 N–H and O–H groups in total. The fraction of sp³-hybridized carbons (Fsp3) is 0. The summed E-state index contributed by atoms with van der Waals surface area (Å²) in [5.41, 5.74) is 0. The molecule has 0 aliphatic heterocycles. The third-order valence-electron chi connectivity index (χ3n) is 0. The summed E-state index contributed by atoms with van der Waals surface area (Å²) in [7, 11) is 20.1. The summed E-state index contributed by atoms with van der Waals surface area (Å²) in [6.07, 6.45) is 0. The van der Waals surface area contributed by atoms with Crippen molar-refractivity contribution in [2.45, 2.75) is 0 Å². The van der Waals surface area contributed by atoms with E-state index in [-0.39, 0.29) is 13.2 Å². The van der Waals surface area contributed by atoms with Crippen molar-refractivity contribution in [3.63, 3.8) is 0 Å². The van der Waals surface area contributed by atoms with Crippen LogP contribution in [0.4, 0.5) is 0 Å². The van der Waals surface area contributed by atoms with Crippen molar-refractivity contribution in [1.29, 1.82) is 0 Å². The Labute approximate surface area is 88.1 Å². The van der Waals surface area contributed by atoms with Crippen LogP contribution in [0.3, 0.4) is 0 Å². The van der Waals surface area contributed by atoms with Crippen LogP contribution >= 0.6 is 64.5 Å². The summed E-state index contributed by atoms with van der Waals surface area (Å²) in [5, 5.41) is 0. The van der Waals surface area contributed by atoms with Gasteiger partial charge in [0, 0.05) is 0 Å². The topological polar surface area (TPSA) is 0 Å². The van der Waals surface area contributed by atoms with Crippen LogP contribution in [0.15, 0.2) is 0 Å². The molecule has 0 saturated heterocycles. The molecule has 48 valence electrons. The van der Waals surface area contributed by atoms with E-state index >= 15 is 0 Å². The van der Waals surface area contributed by atoms with Crippen molar-refractivity contribution in [2.75, 3.05) is 0 Å². The molecule has 8 heavy (non-hydrogen) atoms. The Kier molecular flexibility index (Phi) is 15.0. The minimum absolute atomic E-state index is 0.250. The van der Waals surface area contributed by atoms with Gasteiger partial charge in [-0.05, 0) is 0 Å². The first-order chi connectivity index (χ1) is 3.41. The fourth-order valence-electron chi connectivity index (χ4n) is 0. The van der Waals surface area contributed by atoms with Gasteiger partial charge in [-0.2, -0.15) is 0 Å². The Bertz CT molecular complexity index is 37.8. The number of hydrogen-bond acceptors (Lipinski definition) is 0. The number of halogens is 6. The van der Waals surface area contributed by atoms with Crippen LogP contribution in [0.5, 0.6) is 0 Å². The maximum atomic E-state index is 5.01. The quantitative estimate of drug-likeness (QED) is 0.514. The summed E-state index contributed by atoms with van der Waals surface area (Å²) >= 11 is 3.14. The van der Waals surface area contributed by atoms with Crippen LogP contribution in [0.1, 0.15) is 0 Å². The summed E-state index contributed by atoms with van der Waals surface area (Å²) in [5.74, 6) is 0. The molecule has 0 aromatic rings. The van der Waals surface area contributed by atoms with E-state index in [1.54, 1.807) is 0 Å². The number of rotatable bonds is 0. The molecular weight excluding hydrogens is 415 g/mol. The van der Waals surface area contributed by atoms with Crippen molar-refractivity contribution >= 4 is 64.5 Å². The van der Waals surface area contributed by atoms with E-state index in [4.69, 9.17) is 37.2 Å². The monoisotopic (exact) mass is 410 g/mol. The molecule has 0 spiro atoms. The average Bonchev–Trinajstić information content (AvgIpc) is 1.27. The molecule has 0 saturated carbocycles. The predicted octanol–water partition coefficient (Wildman–Crippen LogP) is 4.44. The van der Waals surface area contributed by atoms with Crippen molar-refractivity contribution < 1.29 is 25.6 Å². The molecule has 0 amide bonds. The molecule has 0 atom stereocenters. The first-order valence-corrected chi connectivity index (χ1v) is 23.8. The van der Waals surface area contributed by atoms with Crippen molar-refractivity contribution in [2.24, 2.45) is 0 Å². The molecule has 0 radical (unpaired) electrons. The molecule has 0 heterocycles. The molecule has 0 aromatic heterocycles. The second-order valence-electron chi connectivity index (χ2n) is 0.530. The summed E-state index contributed by atoms with van der Waals surface area (Å²) in [4.78, 5) is 0. The van der Waals surface area contributed by atoms with E-state index < -0.39 is 12.3 Å². The summed E-state index contributed by atoms with van der Waals surface area (Å²) in [6, 6.07) is 0. The van der Waals surface area contributed by atoms with Gasteiger partial charge in [0.1, 0.15) is 0 Å². The van der Waals surface area contributed by atoms with Gasteiger partial charge < -0.3 is 0 Å². The SMILES string of the molecule is [Br][Zn][Br].[Cl][Ti]([Cl])([Cl])[Cl]. The minimum atomic E-state index is -3.11. The Hall–Kier alpha value is 3.46. The molecule has 0 rings (SSSR count). The van der Waals surface area contributed by atoms with Gasteiger partial charge in [-0.1, -0.05) is 0 Å². The van der Waals surface area contributed by atoms with Crippen LogP contribution in [-0.2, 0) is 25.6 Å². The number of hydrogen-bond donors (Lipinski definition) is 0. The van der Waals surface area contributed by atoms with Crippen LogP contribution < -0.4 is 0 Å². The molecule has 0 unspecified atom stereocenters. The zero-order chi connectivity index (χ0) is 7.21. The van der Waals surface area contributed by atoms with Gasteiger partial charge in [-0.25, -0.2) is 0 Å². The third-order valence-corrected chi connectivity index (χ3v) is 0. The van der Waals surface area contributed by atoms with Gasteiger partial charge in [-0.3, -0.25) is 0 Å². The predicted molar refractivity (Wildman–Crippen MR) is 41.3 cm³/mol. The summed E-state index contributed by atoms with van der Waals surface area (Å²) < 4.78 is 0. The summed E-state index contributed by atoms with van der Waals surface area (Å²) in [6.45, 7) is 0. The van der Waals surface area contributed by atoms with Gasteiger partial charge in [0.2, 0.25) is 0 Å². The van der Waals surface area contributed by atoms with Crippen LogP contribution in [0.25, 0.3) is 0 Å².